The lowest BCUT2D eigenvalue weighted by atomic mass is 10.1. The summed E-state index contributed by atoms with van der Waals surface area (Å²) in [5.41, 5.74) is 6.28. The number of benzene rings is 2. The van der Waals surface area contributed by atoms with Crippen LogP contribution >= 0.6 is 27.5 Å². The van der Waals surface area contributed by atoms with E-state index in [2.05, 4.69) is 26.5 Å². The Bertz CT molecular complexity index is 562. The van der Waals surface area contributed by atoms with E-state index >= 15 is 0 Å². The molecule has 0 atom stereocenters. The van der Waals surface area contributed by atoms with Crippen molar-refractivity contribution in [1.82, 2.24) is 5.43 Å². The molecule has 0 aromatic heterocycles. The third-order valence-corrected chi connectivity index (χ3v) is 3.49. The lowest BCUT2D eigenvalue weighted by molar-refractivity contribution is 0.744. The molecule has 4 heteroatoms. The summed E-state index contributed by atoms with van der Waals surface area (Å²) in [6.45, 7) is 2.67. The number of rotatable bonds is 4. The first-order valence-electron chi connectivity index (χ1n) is 5.93. The number of nitrogens with zero attached hydrogens (tertiary/aromatic N) is 1. The lowest BCUT2D eigenvalue weighted by Crippen LogP contribution is -2.09. The standard InChI is InChI=1S/C15H14BrClN2/c1-11(13-4-6-14(16)7-5-13)19-18-10-12-2-8-15(17)9-3-12/h2-9,18H,10H2,1H3/b19-11-. The molecule has 2 rings (SSSR count). The lowest BCUT2D eigenvalue weighted by Gasteiger charge is -2.04. The quantitative estimate of drug-likeness (QED) is 0.639. The summed E-state index contributed by atoms with van der Waals surface area (Å²) in [5.74, 6) is 0. The topological polar surface area (TPSA) is 24.4 Å². The number of halogens is 2. The van der Waals surface area contributed by atoms with E-state index in [1.165, 1.54) is 0 Å². The van der Waals surface area contributed by atoms with Crippen LogP contribution in [-0.4, -0.2) is 5.71 Å². The number of hydrogen-bond acceptors (Lipinski definition) is 2. The highest BCUT2D eigenvalue weighted by atomic mass is 79.9. The van der Waals surface area contributed by atoms with Crippen molar-refractivity contribution >= 4 is 33.2 Å². The van der Waals surface area contributed by atoms with Gasteiger partial charge in [-0.15, -0.1) is 0 Å². The Balaban J connectivity index is 1.95. The third kappa shape index (κ3) is 4.37. The van der Waals surface area contributed by atoms with Gasteiger partial charge in [-0.25, -0.2) is 0 Å². The highest BCUT2D eigenvalue weighted by Crippen LogP contribution is 2.11. The molecular formula is C15H14BrClN2. The maximum atomic E-state index is 5.84. The smallest absolute Gasteiger partial charge is 0.0644 e. The van der Waals surface area contributed by atoms with Crippen LogP contribution in [0.15, 0.2) is 58.1 Å². The summed E-state index contributed by atoms with van der Waals surface area (Å²) < 4.78 is 1.07. The molecular weight excluding hydrogens is 324 g/mol. The Hall–Kier alpha value is -1.32. The molecule has 0 spiro atoms. The fourth-order valence-corrected chi connectivity index (χ4v) is 2.00. The van der Waals surface area contributed by atoms with E-state index in [0.717, 1.165) is 26.3 Å². The van der Waals surface area contributed by atoms with Crippen molar-refractivity contribution in [1.29, 1.82) is 0 Å². The van der Waals surface area contributed by atoms with Gasteiger partial charge < -0.3 is 5.43 Å². The Labute approximate surface area is 126 Å². The minimum atomic E-state index is 0.686. The monoisotopic (exact) mass is 336 g/mol. The molecule has 1 N–H and O–H groups in total. The first-order chi connectivity index (χ1) is 9.15. The van der Waals surface area contributed by atoms with Crippen LogP contribution in [0.4, 0.5) is 0 Å². The van der Waals surface area contributed by atoms with Crippen molar-refractivity contribution in [3.8, 4) is 0 Å². The van der Waals surface area contributed by atoms with Gasteiger partial charge in [0.2, 0.25) is 0 Å². The van der Waals surface area contributed by atoms with E-state index in [1.54, 1.807) is 0 Å². The molecule has 0 radical (unpaired) electrons. The largest absolute Gasteiger partial charge is 0.305 e. The van der Waals surface area contributed by atoms with Crippen molar-refractivity contribution in [2.45, 2.75) is 13.5 Å². The first-order valence-corrected chi connectivity index (χ1v) is 7.10. The van der Waals surface area contributed by atoms with Gasteiger partial charge in [0.15, 0.2) is 0 Å². The predicted molar refractivity (Wildman–Crippen MR) is 84.6 cm³/mol. The van der Waals surface area contributed by atoms with Crippen LogP contribution in [-0.2, 0) is 6.54 Å². The fourth-order valence-electron chi connectivity index (χ4n) is 1.61. The van der Waals surface area contributed by atoms with Crippen molar-refractivity contribution < 1.29 is 0 Å². The Kier molecular flexibility index (Phi) is 5.00. The Morgan fingerprint density at radius 3 is 2.37 bits per heavy atom. The van der Waals surface area contributed by atoms with Gasteiger partial charge in [0.1, 0.15) is 0 Å². The maximum Gasteiger partial charge on any atom is 0.0644 e. The molecule has 0 bridgehead atoms. The second-order valence-electron chi connectivity index (χ2n) is 4.17. The van der Waals surface area contributed by atoms with E-state index in [4.69, 9.17) is 11.6 Å². The van der Waals surface area contributed by atoms with Crippen molar-refractivity contribution in [2.75, 3.05) is 0 Å². The van der Waals surface area contributed by atoms with Crippen LogP contribution in [0.1, 0.15) is 18.1 Å². The van der Waals surface area contributed by atoms with Crippen LogP contribution < -0.4 is 5.43 Å². The SMILES string of the molecule is C/C(=N/NCc1ccc(Cl)cc1)c1ccc(Br)cc1. The van der Waals surface area contributed by atoms with Gasteiger partial charge in [-0.05, 0) is 42.3 Å². The molecule has 2 aromatic carbocycles. The van der Waals surface area contributed by atoms with Gasteiger partial charge in [0, 0.05) is 9.50 Å². The highest BCUT2D eigenvalue weighted by Gasteiger charge is 1.97. The number of nitrogens with one attached hydrogen (secondary N) is 1. The minimum absolute atomic E-state index is 0.686. The zero-order valence-electron chi connectivity index (χ0n) is 10.5. The van der Waals surface area contributed by atoms with Gasteiger partial charge in [0.05, 0.1) is 12.3 Å². The molecule has 0 saturated heterocycles. The van der Waals surface area contributed by atoms with Crippen LogP contribution in [0.25, 0.3) is 0 Å². The normalized spacial score (nSPS) is 11.4. The summed E-state index contributed by atoms with van der Waals surface area (Å²) in [4.78, 5) is 0. The van der Waals surface area contributed by atoms with Crippen molar-refractivity contribution in [2.24, 2.45) is 5.10 Å². The molecule has 0 aliphatic heterocycles. The fraction of sp³-hybridized carbons (Fsp3) is 0.133. The summed E-state index contributed by atoms with van der Waals surface area (Å²) >= 11 is 9.25. The molecule has 0 saturated carbocycles. The van der Waals surface area contributed by atoms with E-state index < -0.39 is 0 Å². The van der Waals surface area contributed by atoms with Crippen LogP contribution in [0.3, 0.4) is 0 Å². The van der Waals surface area contributed by atoms with Crippen LogP contribution in [0, 0.1) is 0 Å². The summed E-state index contributed by atoms with van der Waals surface area (Å²) in [6.07, 6.45) is 0. The number of hydrazone groups is 1. The molecule has 0 aliphatic rings. The van der Waals surface area contributed by atoms with Crippen LogP contribution in [0.2, 0.25) is 5.02 Å². The van der Waals surface area contributed by atoms with Crippen LogP contribution in [0.5, 0.6) is 0 Å². The first kappa shape index (κ1) is 14.1. The number of hydrogen-bond donors (Lipinski definition) is 1. The molecule has 0 aliphatic carbocycles. The van der Waals surface area contributed by atoms with Gasteiger partial charge in [-0.2, -0.15) is 5.10 Å². The summed E-state index contributed by atoms with van der Waals surface area (Å²) in [7, 11) is 0. The molecule has 19 heavy (non-hydrogen) atoms. The van der Waals surface area contributed by atoms with E-state index in [1.807, 2.05) is 55.5 Å². The van der Waals surface area contributed by atoms with Gasteiger partial charge in [-0.1, -0.05) is 51.8 Å². The molecule has 2 aromatic rings. The van der Waals surface area contributed by atoms with E-state index in [9.17, 15) is 0 Å². The molecule has 2 nitrogen and oxygen atoms in total. The van der Waals surface area contributed by atoms with E-state index in [0.29, 0.717) is 6.54 Å². The Morgan fingerprint density at radius 2 is 1.74 bits per heavy atom. The third-order valence-electron chi connectivity index (χ3n) is 2.71. The van der Waals surface area contributed by atoms with Gasteiger partial charge in [-0.3, -0.25) is 0 Å². The summed E-state index contributed by atoms with van der Waals surface area (Å²) in [5, 5.41) is 5.11. The van der Waals surface area contributed by atoms with Crippen molar-refractivity contribution in [3.05, 3.63) is 69.2 Å². The summed E-state index contributed by atoms with van der Waals surface area (Å²) in [6, 6.07) is 15.8. The average molecular weight is 338 g/mol. The molecule has 0 fully saturated rings. The van der Waals surface area contributed by atoms with Crippen molar-refractivity contribution in [3.63, 3.8) is 0 Å². The highest BCUT2D eigenvalue weighted by molar-refractivity contribution is 9.10. The second kappa shape index (κ2) is 6.73. The molecule has 0 heterocycles. The van der Waals surface area contributed by atoms with Gasteiger partial charge in [0.25, 0.3) is 0 Å². The second-order valence-corrected chi connectivity index (χ2v) is 5.52. The average Bonchev–Trinajstić information content (AvgIpc) is 2.41. The maximum absolute atomic E-state index is 5.84. The molecule has 0 amide bonds. The minimum Gasteiger partial charge on any atom is -0.305 e. The Morgan fingerprint density at radius 1 is 1.11 bits per heavy atom. The zero-order chi connectivity index (χ0) is 13.7. The zero-order valence-corrected chi connectivity index (χ0v) is 12.9. The molecule has 98 valence electrons. The van der Waals surface area contributed by atoms with Gasteiger partial charge >= 0.3 is 0 Å². The predicted octanol–water partition coefficient (Wildman–Crippen LogP) is 4.62. The molecule has 0 unspecified atom stereocenters. The van der Waals surface area contributed by atoms with E-state index in [-0.39, 0.29) is 0 Å².